The maximum absolute atomic E-state index is 14.0. The summed E-state index contributed by atoms with van der Waals surface area (Å²) >= 11 is 0. The van der Waals surface area contributed by atoms with Gasteiger partial charge in [0.05, 0.1) is 17.3 Å². The van der Waals surface area contributed by atoms with Crippen LogP contribution in [0.25, 0.3) is 10.8 Å². The predicted octanol–water partition coefficient (Wildman–Crippen LogP) is 4.90. The summed E-state index contributed by atoms with van der Waals surface area (Å²) in [4.78, 5) is 0. The molecule has 21 heavy (non-hydrogen) atoms. The van der Waals surface area contributed by atoms with Crippen LogP contribution in [0, 0.1) is 24.1 Å². The number of nitrogens with zero attached hydrogens (tertiary/aromatic N) is 1. The highest BCUT2D eigenvalue weighted by atomic mass is 19.1. The Morgan fingerprint density at radius 2 is 1.71 bits per heavy atom. The van der Waals surface area contributed by atoms with Crippen molar-refractivity contribution >= 4 is 22.1 Å². The third-order valence-electron chi connectivity index (χ3n) is 3.53. The van der Waals surface area contributed by atoms with Crippen molar-refractivity contribution in [2.24, 2.45) is 0 Å². The van der Waals surface area contributed by atoms with Crippen LogP contribution < -0.4 is 5.32 Å². The number of nitrogens with one attached hydrogen (secondary N) is 1. The molecule has 0 heterocycles. The highest BCUT2D eigenvalue weighted by Gasteiger charge is 2.09. The van der Waals surface area contributed by atoms with Crippen molar-refractivity contribution in [1.29, 1.82) is 5.26 Å². The predicted molar refractivity (Wildman–Crippen MR) is 83.1 cm³/mol. The summed E-state index contributed by atoms with van der Waals surface area (Å²) in [7, 11) is 0. The van der Waals surface area contributed by atoms with E-state index in [4.69, 9.17) is 0 Å². The molecule has 0 aliphatic heterocycles. The van der Waals surface area contributed by atoms with Crippen LogP contribution >= 0.6 is 0 Å². The zero-order valence-electron chi connectivity index (χ0n) is 11.5. The summed E-state index contributed by atoms with van der Waals surface area (Å²) in [6.07, 6.45) is 0. The summed E-state index contributed by atoms with van der Waals surface area (Å²) in [5.41, 5.74) is 2.70. The van der Waals surface area contributed by atoms with E-state index in [1.54, 1.807) is 12.1 Å². The second-order valence-electron chi connectivity index (χ2n) is 4.87. The SMILES string of the molecule is Cc1cccc(F)c1Nc1ccc(C#N)c2ccccc12. The molecule has 0 unspecified atom stereocenters. The molecule has 0 aliphatic rings. The molecule has 0 aromatic heterocycles. The van der Waals surface area contributed by atoms with Crippen LogP contribution in [0.5, 0.6) is 0 Å². The molecule has 0 radical (unpaired) electrons. The van der Waals surface area contributed by atoms with E-state index in [0.29, 0.717) is 11.3 Å². The van der Waals surface area contributed by atoms with Gasteiger partial charge in [0.25, 0.3) is 0 Å². The molecule has 0 atom stereocenters. The lowest BCUT2D eigenvalue weighted by Crippen LogP contribution is -1.97. The monoisotopic (exact) mass is 276 g/mol. The molecule has 3 heteroatoms. The molecular weight excluding hydrogens is 263 g/mol. The molecule has 0 saturated heterocycles. The van der Waals surface area contributed by atoms with E-state index in [9.17, 15) is 9.65 Å². The average molecular weight is 276 g/mol. The van der Waals surface area contributed by atoms with Crippen LogP contribution in [0.2, 0.25) is 0 Å². The molecule has 0 amide bonds. The minimum absolute atomic E-state index is 0.288. The zero-order chi connectivity index (χ0) is 14.8. The lowest BCUT2D eigenvalue weighted by molar-refractivity contribution is 0.631. The number of halogens is 1. The smallest absolute Gasteiger partial charge is 0.146 e. The van der Waals surface area contributed by atoms with Gasteiger partial charge in [-0.05, 0) is 30.7 Å². The molecule has 3 aromatic carbocycles. The van der Waals surface area contributed by atoms with E-state index >= 15 is 0 Å². The van der Waals surface area contributed by atoms with Gasteiger partial charge in [0.2, 0.25) is 0 Å². The minimum atomic E-state index is -0.288. The summed E-state index contributed by atoms with van der Waals surface area (Å²) in [6, 6.07) is 18.3. The van der Waals surface area contributed by atoms with Gasteiger partial charge in [-0.15, -0.1) is 0 Å². The van der Waals surface area contributed by atoms with Crippen LogP contribution in [0.15, 0.2) is 54.6 Å². The van der Waals surface area contributed by atoms with Crippen molar-refractivity contribution in [1.82, 2.24) is 0 Å². The van der Waals surface area contributed by atoms with Crippen molar-refractivity contribution in [3.05, 3.63) is 71.5 Å². The van der Waals surface area contributed by atoms with Gasteiger partial charge in [0.15, 0.2) is 0 Å². The van der Waals surface area contributed by atoms with Gasteiger partial charge in [-0.2, -0.15) is 5.26 Å². The van der Waals surface area contributed by atoms with Gasteiger partial charge >= 0.3 is 0 Å². The summed E-state index contributed by atoms with van der Waals surface area (Å²) in [5.74, 6) is -0.288. The van der Waals surface area contributed by atoms with Gasteiger partial charge < -0.3 is 5.32 Å². The molecule has 102 valence electrons. The first-order valence-electron chi connectivity index (χ1n) is 6.64. The van der Waals surface area contributed by atoms with Gasteiger partial charge in [0, 0.05) is 16.5 Å². The molecule has 0 bridgehead atoms. The fourth-order valence-corrected chi connectivity index (χ4v) is 2.43. The number of aryl methyl sites for hydroxylation is 1. The summed E-state index contributed by atoms with van der Waals surface area (Å²) in [5, 5.41) is 14.1. The van der Waals surface area contributed by atoms with E-state index in [2.05, 4.69) is 11.4 Å². The zero-order valence-corrected chi connectivity index (χ0v) is 11.5. The van der Waals surface area contributed by atoms with Crippen molar-refractivity contribution in [3.8, 4) is 6.07 Å². The van der Waals surface area contributed by atoms with Crippen LogP contribution in [-0.2, 0) is 0 Å². The quantitative estimate of drug-likeness (QED) is 0.722. The number of para-hydroxylation sites is 1. The highest BCUT2D eigenvalue weighted by molar-refractivity contribution is 5.98. The number of hydrogen-bond donors (Lipinski definition) is 1. The van der Waals surface area contributed by atoms with Gasteiger partial charge in [-0.1, -0.05) is 36.4 Å². The maximum Gasteiger partial charge on any atom is 0.146 e. The molecule has 0 spiro atoms. The van der Waals surface area contributed by atoms with E-state index in [-0.39, 0.29) is 5.82 Å². The van der Waals surface area contributed by atoms with Gasteiger partial charge in [-0.3, -0.25) is 0 Å². The topological polar surface area (TPSA) is 35.8 Å². The average Bonchev–Trinajstić information content (AvgIpc) is 2.51. The summed E-state index contributed by atoms with van der Waals surface area (Å²) in [6.45, 7) is 1.86. The third-order valence-corrected chi connectivity index (χ3v) is 3.53. The fraction of sp³-hybridized carbons (Fsp3) is 0.0556. The third kappa shape index (κ3) is 2.32. The van der Waals surface area contributed by atoms with Crippen molar-refractivity contribution in [3.63, 3.8) is 0 Å². The molecule has 1 N–H and O–H groups in total. The lowest BCUT2D eigenvalue weighted by Gasteiger charge is -2.13. The number of anilines is 2. The maximum atomic E-state index is 14.0. The van der Waals surface area contributed by atoms with Crippen LogP contribution in [0.3, 0.4) is 0 Å². The normalized spacial score (nSPS) is 10.3. The second-order valence-corrected chi connectivity index (χ2v) is 4.87. The standard InChI is InChI=1S/C18H13FN2/c1-12-5-4-8-16(19)18(12)21-17-10-9-13(11-20)14-6-2-3-7-15(14)17/h2-10,21H,1H3. The number of rotatable bonds is 2. The van der Waals surface area contributed by atoms with E-state index < -0.39 is 0 Å². The van der Waals surface area contributed by atoms with Crippen LogP contribution in [-0.4, -0.2) is 0 Å². The Hall–Kier alpha value is -2.86. The molecular formula is C18H13FN2. The molecule has 0 fully saturated rings. The first-order chi connectivity index (χ1) is 10.2. The van der Waals surface area contributed by atoms with Crippen molar-refractivity contribution in [2.75, 3.05) is 5.32 Å². The molecule has 2 nitrogen and oxygen atoms in total. The fourth-order valence-electron chi connectivity index (χ4n) is 2.43. The van der Waals surface area contributed by atoms with E-state index in [1.165, 1.54) is 6.07 Å². The lowest BCUT2D eigenvalue weighted by atomic mass is 10.0. The number of nitriles is 1. The molecule has 3 aromatic rings. The minimum Gasteiger partial charge on any atom is -0.352 e. The Bertz CT molecular complexity index is 842. The van der Waals surface area contributed by atoms with E-state index in [0.717, 1.165) is 22.0 Å². The Morgan fingerprint density at radius 1 is 0.952 bits per heavy atom. The summed E-state index contributed by atoms with van der Waals surface area (Å²) < 4.78 is 14.0. The molecule has 0 saturated carbocycles. The van der Waals surface area contributed by atoms with E-state index in [1.807, 2.05) is 43.3 Å². The Labute approximate surface area is 122 Å². The number of hydrogen-bond acceptors (Lipinski definition) is 2. The second kappa shape index (κ2) is 5.26. The Morgan fingerprint density at radius 3 is 2.43 bits per heavy atom. The number of fused-ring (bicyclic) bond motifs is 1. The van der Waals surface area contributed by atoms with Gasteiger partial charge in [-0.25, -0.2) is 4.39 Å². The van der Waals surface area contributed by atoms with Crippen LogP contribution in [0.1, 0.15) is 11.1 Å². The largest absolute Gasteiger partial charge is 0.352 e. The van der Waals surface area contributed by atoms with Crippen LogP contribution in [0.4, 0.5) is 15.8 Å². The van der Waals surface area contributed by atoms with Crippen molar-refractivity contribution < 1.29 is 4.39 Å². The first kappa shape index (κ1) is 13.1. The highest BCUT2D eigenvalue weighted by Crippen LogP contribution is 2.31. The molecule has 0 aliphatic carbocycles. The Kier molecular flexibility index (Phi) is 3.29. The number of benzene rings is 3. The van der Waals surface area contributed by atoms with Gasteiger partial charge in [0.1, 0.15) is 5.82 Å². The molecule has 3 rings (SSSR count). The van der Waals surface area contributed by atoms with Crippen molar-refractivity contribution in [2.45, 2.75) is 6.92 Å². The Balaban J connectivity index is 2.17. The first-order valence-corrected chi connectivity index (χ1v) is 6.64.